The predicted molar refractivity (Wildman–Crippen MR) is 82.2 cm³/mol. The second-order valence-corrected chi connectivity index (χ2v) is 6.39. The minimum absolute atomic E-state index is 0.0378. The molecule has 1 atom stereocenters. The molecule has 2 rings (SSSR count). The Morgan fingerprint density at radius 1 is 1.57 bits per heavy atom. The van der Waals surface area contributed by atoms with Crippen molar-refractivity contribution in [1.82, 2.24) is 15.2 Å². The quantitative estimate of drug-likeness (QED) is 0.903. The maximum Gasteiger partial charge on any atom is 0.317 e. The lowest BCUT2D eigenvalue weighted by Gasteiger charge is -2.38. The lowest BCUT2D eigenvalue weighted by atomic mass is 9.89. The Morgan fingerprint density at radius 3 is 2.86 bits per heavy atom. The highest BCUT2D eigenvalue weighted by Gasteiger charge is 2.34. The highest BCUT2D eigenvalue weighted by Crippen LogP contribution is 2.25. The second-order valence-electron chi connectivity index (χ2n) is 6.39. The van der Waals surface area contributed by atoms with E-state index in [0.29, 0.717) is 6.54 Å². The van der Waals surface area contributed by atoms with Crippen molar-refractivity contribution in [3.8, 4) is 0 Å². The normalized spacial score (nSPS) is 17.7. The van der Waals surface area contributed by atoms with E-state index in [4.69, 9.17) is 4.74 Å². The number of urea groups is 1. The summed E-state index contributed by atoms with van der Waals surface area (Å²) >= 11 is 0. The molecule has 0 unspecified atom stereocenters. The number of likely N-dealkylation sites (N-methyl/N-ethyl adjacent to an activating group) is 1. The first kappa shape index (κ1) is 15.8. The van der Waals surface area contributed by atoms with Crippen LogP contribution in [0.15, 0.2) is 18.3 Å². The van der Waals surface area contributed by atoms with Gasteiger partial charge in [0.2, 0.25) is 0 Å². The molecule has 21 heavy (non-hydrogen) atoms. The summed E-state index contributed by atoms with van der Waals surface area (Å²) in [7, 11) is 1.83. The van der Waals surface area contributed by atoms with Crippen LogP contribution in [0, 0.1) is 12.3 Å². The third kappa shape index (κ3) is 3.94. The van der Waals surface area contributed by atoms with Crippen LogP contribution in [-0.4, -0.2) is 48.8 Å². The largest absolute Gasteiger partial charge is 0.380 e. The maximum atomic E-state index is 12.2. The van der Waals surface area contributed by atoms with E-state index in [-0.39, 0.29) is 17.5 Å². The third-order valence-corrected chi connectivity index (χ3v) is 4.16. The number of hydrogen-bond donors (Lipinski definition) is 1. The fourth-order valence-corrected chi connectivity index (χ4v) is 2.32. The molecule has 2 amide bonds. The fraction of sp³-hybridized carbons (Fsp3) is 0.625. The standard InChI is InChI=1S/C16H25N3O2/c1-12-6-5-7-17-14(12)8-13(2)19(4)15(20)18-9-16(3)10-21-11-16/h5-7,13H,8-11H2,1-4H3,(H,18,20)/t13-/m0/s1. The molecule has 1 aromatic rings. The molecule has 5 nitrogen and oxygen atoms in total. The van der Waals surface area contributed by atoms with Crippen LogP contribution in [0.5, 0.6) is 0 Å². The van der Waals surface area contributed by atoms with Crippen LogP contribution in [0.1, 0.15) is 25.1 Å². The monoisotopic (exact) mass is 291 g/mol. The SMILES string of the molecule is Cc1cccnc1C[C@H](C)N(C)C(=O)NCC1(C)COC1. The summed E-state index contributed by atoms with van der Waals surface area (Å²) in [6.45, 7) is 8.32. The van der Waals surface area contributed by atoms with Crippen LogP contribution in [-0.2, 0) is 11.2 Å². The highest BCUT2D eigenvalue weighted by molar-refractivity contribution is 5.74. The smallest absolute Gasteiger partial charge is 0.317 e. The Kier molecular flexibility index (Phi) is 4.83. The van der Waals surface area contributed by atoms with Gasteiger partial charge in [-0.05, 0) is 25.5 Å². The lowest BCUT2D eigenvalue weighted by molar-refractivity contribution is -0.0978. The van der Waals surface area contributed by atoms with Gasteiger partial charge in [-0.3, -0.25) is 4.98 Å². The van der Waals surface area contributed by atoms with Gasteiger partial charge in [0.25, 0.3) is 0 Å². The number of carbonyl (C=O) groups excluding carboxylic acids is 1. The zero-order chi connectivity index (χ0) is 15.5. The number of nitrogens with one attached hydrogen (secondary N) is 1. The predicted octanol–water partition coefficient (Wildman–Crippen LogP) is 2.00. The van der Waals surface area contributed by atoms with Gasteiger partial charge in [-0.15, -0.1) is 0 Å². The highest BCUT2D eigenvalue weighted by atomic mass is 16.5. The fourth-order valence-electron chi connectivity index (χ4n) is 2.32. The Morgan fingerprint density at radius 2 is 2.29 bits per heavy atom. The van der Waals surface area contributed by atoms with Crippen LogP contribution in [0.4, 0.5) is 4.79 Å². The minimum Gasteiger partial charge on any atom is -0.380 e. The van der Waals surface area contributed by atoms with E-state index >= 15 is 0 Å². The van der Waals surface area contributed by atoms with Gasteiger partial charge in [-0.2, -0.15) is 0 Å². The summed E-state index contributed by atoms with van der Waals surface area (Å²) in [5, 5.41) is 2.99. The van der Waals surface area contributed by atoms with E-state index < -0.39 is 0 Å². The van der Waals surface area contributed by atoms with Crippen LogP contribution in [0.2, 0.25) is 0 Å². The average Bonchev–Trinajstić information content (AvgIpc) is 2.44. The number of nitrogens with zero attached hydrogens (tertiary/aromatic N) is 2. The molecule has 0 spiro atoms. The summed E-state index contributed by atoms with van der Waals surface area (Å²) in [5.41, 5.74) is 2.30. The molecular weight excluding hydrogens is 266 g/mol. The lowest BCUT2D eigenvalue weighted by Crippen LogP contribution is -2.52. The van der Waals surface area contributed by atoms with Crippen molar-refractivity contribution in [1.29, 1.82) is 0 Å². The molecule has 0 saturated carbocycles. The summed E-state index contributed by atoms with van der Waals surface area (Å²) in [5.74, 6) is 0. The summed E-state index contributed by atoms with van der Waals surface area (Å²) < 4.78 is 5.20. The molecule has 1 saturated heterocycles. The van der Waals surface area contributed by atoms with Crippen LogP contribution >= 0.6 is 0 Å². The van der Waals surface area contributed by atoms with Crippen molar-refractivity contribution >= 4 is 6.03 Å². The number of ether oxygens (including phenoxy) is 1. The number of pyridine rings is 1. The van der Waals surface area contributed by atoms with Crippen molar-refractivity contribution in [3.63, 3.8) is 0 Å². The molecule has 1 aliphatic rings. The van der Waals surface area contributed by atoms with E-state index in [2.05, 4.69) is 17.2 Å². The number of aryl methyl sites for hydroxylation is 1. The number of aromatic nitrogens is 1. The maximum absolute atomic E-state index is 12.2. The average molecular weight is 291 g/mol. The Labute approximate surface area is 126 Å². The second kappa shape index (κ2) is 6.43. The van der Waals surface area contributed by atoms with Gasteiger partial charge in [0.05, 0.1) is 13.2 Å². The Hall–Kier alpha value is -1.62. The summed E-state index contributed by atoms with van der Waals surface area (Å²) in [6.07, 6.45) is 2.56. The molecule has 0 aliphatic carbocycles. The summed E-state index contributed by atoms with van der Waals surface area (Å²) in [4.78, 5) is 18.3. The van der Waals surface area contributed by atoms with Crippen molar-refractivity contribution in [2.24, 2.45) is 5.41 Å². The van der Waals surface area contributed by atoms with E-state index in [9.17, 15) is 4.79 Å². The molecule has 2 heterocycles. The van der Waals surface area contributed by atoms with Gasteiger partial charge < -0.3 is 15.0 Å². The van der Waals surface area contributed by atoms with Crippen molar-refractivity contribution in [2.45, 2.75) is 33.2 Å². The first-order valence-corrected chi connectivity index (χ1v) is 7.40. The van der Waals surface area contributed by atoms with Crippen molar-refractivity contribution in [3.05, 3.63) is 29.6 Å². The van der Waals surface area contributed by atoms with Gasteiger partial charge >= 0.3 is 6.03 Å². The summed E-state index contributed by atoms with van der Waals surface area (Å²) in [6, 6.07) is 4.04. The van der Waals surface area contributed by atoms with Gasteiger partial charge in [0.15, 0.2) is 0 Å². The Balaban J connectivity index is 1.85. The van der Waals surface area contributed by atoms with Gasteiger partial charge in [0, 0.05) is 43.4 Å². The first-order valence-electron chi connectivity index (χ1n) is 7.40. The van der Waals surface area contributed by atoms with Crippen LogP contribution in [0.25, 0.3) is 0 Å². The zero-order valence-corrected chi connectivity index (χ0v) is 13.3. The molecule has 1 aromatic heterocycles. The minimum atomic E-state index is -0.0378. The molecular formula is C16H25N3O2. The first-order chi connectivity index (χ1) is 9.91. The van der Waals surface area contributed by atoms with E-state index in [1.807, 2.05) is 33.0 Å². The molecule has 1 N–H and O–H groups in total. The molecule has 0 aromatic carbocycles. The van der Waals surface area contributed by atoms with Crippen LogP contribution < -0.4 is 5.32 Å². The third-order valence-electron chi connectivity index (χ3n) is 4.16. The topological polar surface area (TPSA) is 54.5 Å². The molecule has 1 aliphatic heterocycles. The van der Waals surface area contributed by atoms with Crippen molar-refractivity contribution in [2.75, 3.05) is 26.8 Å². The van der Waals surface area contributed by atoms with Gasteiger partial charge in [-0.25, -0.2) is 4.79 Å². The molecule has 116 valence electrons. The molecule has 0 radical (unpaired) electrons. The van der Waals surface area contributed by atoms with Crippen LogP contribution in [0.3, 0.4) is 0 Å². The molecule has 1 fully saturated rings. The van der Waals surface area contributed by atoms with Gasteiger partial charge in [-0.1, -0.05) is 13.0 Å². The number of carbonyl (C=O) groups is 1. The van der Waals surface area contributed by atoms with E-state index in [0.717, 1.165) is 30.9 Å². The number of rotatable bonds is 5. The Bertz CT molecular complexity index is 500. The van der Waals surface area contributed by atoms with E-state index in [1.54, 1.807) is 11.1 Å². The number of hydrogen-bond acceptors (Lipinski definition) is 3. The zero-order valence-electron chi connectivity index (χ0n) is 13.3. The number of amides is 2. The van der Waals surface area contributed by atoms with Crippen molar-refractivity contribution < 1.29 is 9.53 Å². The molecule has 0 bridgehead atoms. The van der Waals surface area contributed by atoms with E-state index in [1.165, 1.54) is 0 Å². The van der Waals surface area contributed by atoms with Gasteiger partial charge in [0.1, 0.15) is 0 Å². The molecule has 5 heteroatoms.